The number of nitrogens with one attached hydrogen (secondary N) is 1. The number of hydrogen-bond acceptors (Lipinski definition) is 4. The maximum Gasteiger partial charge on any atom is 0.338 e. The third kappa shape index (κ3) is 3.53. The molecular formula is C17H21BN2O2. The Morgan fingerprint density at radius 3 is 2.82 bits per heavy atom. The minimum Gasteiger partial charge on any atom is -0.423 e. The molecule has 1 N–H and O–H groups in total. The number of nitrogens with zero attached hydrogens (tertiary/aromatic N) is 1. The summed E-state index contributed by atoms with van der Waals surface area (Å²) in [6.45, 7) is 3.25. The van der Waals surface area contributed by atoms with Crippen molar-refractivity contribution in [3.63, 3.8) is 0 Å². The first-order valence-electron chi connectivity index (χ1n) is 7.98. The summed E-state index contributed by atoms with van der Waals surface area (Å²) in [5.74, 6) is 0. The molecule has 0 bridgehead atoms. The molecule has 0 amide bonds. The number of piperidine rings is 1. The molecule has 2 radical (unpaired) electrons. The van der Waals surface area contributed by atoms with Gasteiger partial charge in [-0.2, -0.15) is 0 Å². The maximum atomic E-state index is 11.7. The summed E-state index contributed by atoms with van der Waals surface area (Å²) in [4.78, 5) is 14.2. The van der Waals surface area contributed by atoms with Gasteiger partial charge in [-0.15, -0.1) is 0 Å². The second-order valence-corrected chi connectivity index (χ2v) is 5.88. The lowest BCUT2D eigenvalue weighted by Gasteiger charge is -2.32. The molecule has 0 unspecified atom stereocenters. The third-order valence-electron chi connectivity index (χ3n) is 4.28. The normalized spacial score (nSPS) is 16.9. The van der Waals surface area contributed by atoms with Crippen molar-refractivity contribution in [2.24, 2.45) is 0 Å². The van der Waals surface area contributed by atoms with E-state index < -0.39 is 0 Å². The smallest absolute Gasteiger partial charge is 0.338 e. The molecule has 1 aliphatic heterocycles. The van der Waals surface area contributed by atoms with Gasteiger partial charge in [0.1, 0.15) is 5.58 Å². The highest BCUT2D eigenvalue weighted by Crippen LogP contribution is 2.24. The predicted molar refractivity (Wildman–Crippen MR) is 90.7 cm³/mol. The Hall–Kier alpha value is -1.75. The zero-order chi connectivity index (χ0) is 15.4. The number of hydrogen-bond donors (Lipinski definition) is 1. The summed E-state index contributed by atoms with van der Waals surface area (Å²) in [7, 11) is 5.56. The van der Waals surface area contributed by atoms with Gasteiger partial charge in [0.15, 0.2) is 0 Å². The largest absolute Gasteiger partial charge is 0.423 e. The van der Waals surface area contributed by atoms with E-state index >= 15 is 0 Å². The van der Waals surface area contributed by atoms with E-state index in [0.717, 1.165) is 56.3 Å². The van der Waals surface area contributed by atoms with Crippen LogP contribution in [-0.2, 0) is 0 Å². The fourth-order valence-electron chi connectivity index (χ4n) is 3.07. The van der Waals surface area contributed by atoms with Crippen molar-refractivity contribution in [2.75, 3.05) is 25.0 Å². The predicted octanol–water partition coefficient (Wildman–Crippen LogP) is 2.65. The molecule has 4 nitrogen and oxygen atoms in total. The molecule has 1 fully saturated rings. The Labute approximate surface area is 131 Å². The molecule has 5 heteroatoms. The van der Waals surface area contributed by atoms with Crippen LogP contribution in [0.1, 0.15) is 19.3 Å². The molecule has 0 atom stereocenters. The highest BCUT2D eigenvalue weighted by molar-refractivity contribution is 6.08. The van der Waals surface area contributed by atoms with Gasteiger partial charge in [0.05, 0.1) is 13.5 Å². The molecule has 2 heterocycles. The van der Waals surface area contributed by atoms with E-state index in [4.69, 9.17) is 12.3 Å². The average Bonchev–Trinajstić information content (AvgIpc) is 2.54. The van der Waals surface area contributed by atoms with Gasteiger partial charge in [0.25, 0.3) is 0 Å². The van der Waals surface area contributed by atoms with Gasteiger partial charge >= 0.3 is 5.63 Å². The molecule has 0 aliphatic carbocycles. The monoisotopic (exact) mass is 296 g/mol. The molecule has 22 heavy (non-hydrogen) atoms. The van der Waals surface area contributed by atoms with Crippen LogP contribution >= 0.6 is 0 Å². The number of fused-ring (bicyclic) bond motifs is 1. The Bertz CT molecular complexity index is 678. The lowest BCUT2D eigenvalue weighted by Crippen LogP contribution is -2.39. The summed E-state index contributed by atoms with van der Waals surface area (Å²) in [6.07, 6.45) is 3.98. The van der Waals surface area contributed by atoms with Gasteiger partial charge in [-0.3, -0.25) is 0 Å². The van der Waals surface area contributed by atoms with Gasteiger partial charge in [-0.05, 0) is 37.9 Å². The highest BCUT2D eigenvalue weighted by Gasteiger charge is 2.19. The van der Waals surface area contributed by atoms with Gasteiger partial charge in [0, 0.05) is 30.6 Å². The van der Waals surface area contributed by atoms with Crippen molar-refractivity contribution < 1.29 is 4.42 Å². The zero-order valence-corrected chi connectivity index (χ0v) is 12.8. The van der Waals surface area contributed by atoms with E-state index in [1.54, 1.807) is 6.07 Å². The van der Waals surface area contributed by atoms with Gasteiger partial charge < -0.3 is 14.6 Å². The zero-order valence-electron chi connectivity index (χ0n) is 12.8. The molecule has 114 valence electrons. The first-order valence-corrected chi connectivity index (χ1v) is 7.98. The standard InChI is InChI=1S/C17H21BN2O2/c18-8-3-9-20-10-6-13(7-11-20)19-15-12-17(21)22-16-5-2-1-4-14(15)16/h1-2,4-5,12-13,19H,3,6-11H2. The van der Waals surface area contributed by atoms with Gasteiger partial charge in [0.2, 0.25) is 0 Å². The second kappa shape index (κ2) is 7.01. The summed E-state index contributed by atoms with van der Waals surface area (Å²) in [6, 6.07) is 9.62. The minimum atomic E-state index is -0.304. The van der Waals surface area contributed by atoms with E-state index in [0.29, 0.717) is 11.6 Å². The van der Waals surface area contributed by atoms with Crippen molar-refractivity contribution in [2.45, 2.75) is 31.6 Å². The third-order valence-corrected chi connectivity index (χ3v) is 4.28. The van der Waals surface area contributed by atoms with Crippen LogP contribution in [0, 0.1) is 0 Å². The summed E-state index contributed by atoms with van der Waals surface area (Å²) >= 11 is 0. The van der Waals surface area contributed by atoms with Gasteiger partial charge in [-0.1, -0.05) is 18.5 Å². The Balaban J connectivity index is 1.68. The Morgan fingerprint density at radius 1 is 1.27 bits per heavy atom. The molecule has 1 aliphatic rings. The average molecular weight is 296 g/mol. The summed E-state index contributed by atoms with van der Waals surface area (Å²) in [5, 5.41) is 4.50. The maximum absolute atomic E-state index is 11.7. The lowest BCUT2D eigenvalue weighted by molar-refractivity contribution is 0.219. The molecule has 1 aromatic heterocycles. The summed E-state index contributed by atoms with van der Waals surface area (Å²) < 4.78 is 5.24. The number of rotatable bonds is 5. The van der Waals surface area contributed by atoms with Crippen molar-refractivity contribution in [1.29, 1.82) is 0 Å². The van der Waals surface area contributed by atoms with Crippen molar-refractivity contribution >= 4 is 24.5 Å². The van der Waals surface area contributed by atoms with Crippen molar-refractivity contribution in [3.8, 4) is 0 Å². The van der Waals surface area contributed by atoms with Crippen molar-refractivity contribution in [1.82, 2.24) is 4.90 Å². The van der Waals surface area contributed by atoms with Crippen LogP contribution in [0.3, 0.4) is 0 Å². The van der Waals surface area contributed by atoms with E-state index in [1.807, 2.05) is 24.3 Å². The van der Waals surface area contributed by atoms with Crippen LogP contribution in [0.5, 0.6) is 0 Å². The first-order chi connectivity index (χ1) is 10.8. The van der Waals surface area contributed by atoms with Crippen molar-refractivity contribution in [3.05, 3.63) is 40.8 Å². The number of benzene rings is 1. The van der Waals surface area contributed by atoms with E-state index in [-0.39, 0.29) is 5.63 Å². The van der Waals surface area contributed by atoms with Crippen LogP contribution < -0.4 is 10.9 Å². The lowest BCUT2D eigenvalue weighted by atomic mass is 10.00. The molecular weight excluding hydrogens is 275 g/mol. The number of likely N-dealkylation sites (tertiary alicyclic amines) is 1. The molecule has 0 saturated carbocycles. The summed E-state index contributed by atoms with van der Waals surface area (Å²) in [5.41, 5.74) is 1.21. The quantitative estimate of drug-likeness (QED) is 0.680. The topological polar surface area (TPSA) is 45.5 Å². The number of anilines is 1. The van der Waals surface area contributed by atoms with Crippen LogP contribution in [0.25, 0.3) is 11.0 Å². The molecule has 1 aromatic carbocycles. The fourth-order valence-corrected chi connectivity index (χ4v) is 3.07. The molecule has 3 rings (SSSR count). The minimum absolute atomic E-state index is 0.304. The van der Waals surface area contributed by atoms with E-state index in [2.05, 4.69) is 10.2 Å². The Kier molecular flexibility index (Phi) is 4.83. The highest BCUT2D eigenvalue weighted by atomic mass is 16.4. The van der Waals surface area contributed by atoms with Crippen LogP contribution in [0.4, 0.5) is 5.69 Å². The number of para-hydroxylation sites is 1. The second-order valence-electron chi connectivity index (χ2n) is 5.88. The molecule has 1 saturated heterocycles. The van der Waals surface area contributed by atoms with Crippen LogP contribution in [-0.4, -0.2) is 38.4 Å². The first kappa shape index (κ1) is 15.2. The van der Waals surface area contributed by atoms with Gasteiger partial charge in [-0.25, -0.2) is 4.79 Å². The van der Waals surface area contributed by atoms with Crippen LogP contribution in [0.2, 0.25) is 6.32 Å². The molecule has 2 aromatic rings. The van der Waals surface area contributed by atoms with Crippen LogP contribution in [0.15, 0.2) is 39.5 Å². The SMILES string of the molecule is [B]CCCN1CCC(Nc2cc(=O)oc3ccccc23)CC1. The van der Waals surface area contributed by atoms with E-state index in [9.17, 15) is 4.79 Å². The Morgan fingerprint density at radius 2 is 2.05 bits per heavy atom. The van der Waals surface area contributed by atoms with E-state index in [1.165, 1.54) is 0 Å². The molecule has 0 spiro atoms. The fraction of sp³-hybridized carbons (Fsp3) is 0.471.